The molecule has 0 spiro atoms. The summed E-state index contributed by atoms with van der Waals surface area (Å²) in [6.07, 6.45) is 8.75. The zero-order valence-corrected chi connectivity index (χ0v) is 18.3. The molecule has 0 aliphatic carbocycles. The topological polar surface area (TPSA) is 66.9 Å². The highest BCUT2D eigenvalue weighted by Gasteiger charge is 2.20. The average molecular weight is 424 g/mol. The maximum Gasteiger partial charge on any atom is 0.253 e. The quantitative estimate of drug-likeness (QED) is 0.549. The molecule has 1 amide bonds. The van der Waals surface area contributed by atoms with Crippen LogP contribution in [0.1, 0.15) is 59.1 Å². The van der Waals surface area contributed by atoms with Crippen LogP contribution in [0.5, 0.6) is 0 Å². The fourth-order valence-corrected chi connectivity index (χ4v) is 4.44. The number of hydrogen-bond donors (Lipinski definition) is 2. The van der Waals surface area contributed by atoms with Crippen molar-refractivity contribution in [3.63, 3.8) is 0 Å². The van der Waals surface area contributed by atoms with E-state index in [1.165, 1.54) is 0 Å². The molecule has 1 aliphatic rings. The van der Waals surface area contributed by atoms with Crippen molar-refractivity contribution in [2.45, 2.75) is 52.6 Å². The molecule has 6 heteroatoms. The Morgan fingerprint density at radius 3 is 2.67 bits per heavy atom. The monoisotopic (exact) mass is 423 g/mol. The van der Waals surface area contributed by atoms with Gasteiger partial charge < -0.3 is 14.9 Å². The van der Waals surface area contributed by atoms with Crippen LogP contribution in [0, 0.1) is 6.92 Å². The Morgan fingerprint density at radius 1 is 1.10 bits per heavy atom. The minimum Gasteiger partial charge on any atom is -0.348 e. The van der Waals surface area contributed by atoms with Gasteiger partial charge in [-0.25, -0.2) is 0 Å². The molecule has 0 unspecified atom stereocenters. The lowest BCUT2D eigenvalue weighted by molar-refractivity contribution is 0.0952. The van der Waals surface area contributed by atoms with E-state index in [-0.39, 0.29) is 24.1 Å². The molecule has 0 bridgehead atoms. The zero-order chi connectivity index (χ0) is 21.4. The van der Waals surface area contributed by atoms with E-state index in [1.54, 1.807) is 6.07 Å². The number of carbonyl (C=O) groups excluding carboxylic acids is 1. The van der Waals surface area contributed by atoms with E-state index in [1.807, 2.05) is 19.1 Å². The van der Waals surface area contributed by atoms with E-state index in [2.05, 4.69) is 47.1 Å². The standard InChI is InChI=1S/C24H26ClN3O2/c1-14(2)28-13-17-8-6-4-5-7-16-9-15(3)27-24(30)20(16)12-26-23(29)19-10-18(25)11-21(28)22(17)19/h4,6,9-11,13-14H,5,7-8,12H2,1-3H3,(H,26,29)(H,27,30)/b6-4+. The van der Waals surface area contributed by atoms with Gasteiger partial charge in [0, 0.05) is 40.4 Å². The van der Waals surface area contributed by atoms with Gasteiger partial charge in [-0.05, 0) is 69.4 Å². The fourth-order valence-electron chi connectivity index (χ4n) is 4.23. The van der Waals surface area contributed by atoms with E-state index in [0.29, 0.717) is 16.1 Å². The van der Waals surface area contributed by atoms with Gasteiger partial charge in [0.1, 0.15) is 0 Å². The first-order chi connectivity index (χ1) is 14.3. The fraction of sp³-hybridized carbons (Fsp3) is 0.333. The smallest absolute Gasteiger partial charge is 0.253 e. The SMILES string of the molecule is Cc1cc2c(c(=O)[nH]1)CNC(=O)c1cc(Cl)cc3c1c(cn3C(C)C)C/C=C/CC2. The van der Waals surface area contributed by atoms with Gasteiger partial charge in [0.15, 0.2) is 0 Å². The van der Waals surface area contributed by atoms with E-state index in [9.17, 15) is 9.59 Å². The summed E-state index contributed by atoms with van der Waals surface area (Å²) in [6, 6.07) is 5.87. The molecule has 1 aromatic carbocycles. The molecule has 3 aromatic rings. The normalized spacial score (nSPS) is 15.8. The first kappa shape index (κ1) is 20.5. The maximum absolute atomic E-state index is 13.2. The lowest BCUT2D eigenvalue weighted by atomic mass is 10.0. The Hall–Kier alpha value is -2.79. The highest BCUT2D eigenvalue weighted by Crippen LogP contribution is 2.32. The van der Waals surface area contributed by atoms with Crippen LogP contribution in [0.15, 0.2) is 41.3 Å². The van der Waals surface area contributed by atoms with Gasteiger partial charge in [-0.2, -0.15) is 0 Å². The van der Waals surface area contributed by atoms with Gasteiger partial charge in [0.25, 0.3) is 11.5 Å². The van der Waals surface area contributed by atoms with Crippen LogP contribution in [-0.2, 0) is 19.4 Å². The molecular formula is C24H26ClN3O2. The first-order valence-electron chi connectivity index (χ1n) is 10.3. The van der Waals surface area contributed by atoms with Crippen molar-refractivity contribution >= 4 is 28.4 Å². The Kier molecular flexibility index (Phi) is 5.56. The first-order valence-corrected chi connectivity index (χ1v) is 10.7. The largest absolute Gasteiger partial charge is 0.348 e. The molecule has 4 rings (SSSR count). The Balaban J connectivity index is 1.86. The van der Waals surface area contributed by atoms with Crippen LogP contribution in [0.3, 0.4) is 0 Å². The third kappa shape index (κ3) is 3.82. The average Bonchev–Trinajstić information content (AvgIpc) is 3.04. The predicted octanol–water partition coefficient (Wildman–Crippen LogP) is 4.85. The van der Waals surface area contributed by atoms with Crippen LogP contribution in [0.2, 0.25) is 5.02 Å². The van der Waals surface area contributed by atoms with Crippen molar-refractivity contribution in [3.05, 3.63) is 79.9 Å². The number of aryl methyl sites for hydroxylation is 2. The number of aromatic amines is 1. The Bertz CT molecular complexity index is 1220. The van der Waals surface area contributed by atoms with Gasteiger partial charge in [-0.3, -0.25) is 9.59 Å². The lowest BCUT2D eigenvalue weighted by Crippen LogP contribution is -2.28. The molecule has 1 aliphatic heterocycles. The van der Waals surface area contributed by atoms with Crippen LogP contribution < -0.4 is 10.9 Å². The van der Waals surface area contributed by atoms with E-state index < -0.39 is 0 Å². The summed E-state index contributed by atoms with van der Waals surface area (Å²) in [6.45, 7) is 6.29. The van der Waals surface area contributed by atoms with Crippen LogP contribution >= 0.6 is 11.6 Å². The van der Waals surface area contributed by atoms with Crippen molar-refractivity contribution in [1.29, 1.82) is 0 Å². The van der Waals surface area contributed by atoms with Crippen molar-refractivity contribution in [3.8, 4) is 0 Å². The molecular weight excluding hydrogens is 398 g/mol. The predicted molar refractivity (Wildman–Crippen MR) is 121 cm³/mol. The minimum absolute atomic E-state index is 0.146. The van der Waals surface area contributed by atoms with E-state index in [0.717, 1.165) is 47.0 Å². The number of halogens is 1. The number of H-pyrrole nitrogens is 1. The summed E-state index contributed by atoms with van der Waals surface area (Å²) in [5, 5.41) is 4.40. The van der Waals surface area contributed by atoms with Crippen LogP contribution in [0.25, 0.3) is 10.9 Å². The molecule has 0 radical (unpaired) electrons. The van der Waals surface area contributed by atoms with E-state index >= 15 is 0 Å². The summed E-state index contributed by atoms with van der Waals surface area (Å²) in [5.74, 6) is -0.223. The number of aromatic nitrogens is 2. The van der Waals surface area contributed by atoms with Crippen molar-refractivity contribution < 1.29 is 4.79 Å². The van der Waals surface area contributed by atoms with Gasteiger partial charge in [0.05, 0.1) is 11.1 Å². The number of carbonyl (C=O) groups is 1. The number of benzene rings is 1. The summed E-state index contributed by atoms with van der Waals surface area (Å²) in [7, 11) is 0. The Morgan fingerprint density at radius 2 is 1.90 bits per heavy atom. The molecule has 0 saturated carbocycles. The second-order valence-electron chi connectivity index (χ2n) is 8.18. The second-order valence-corrected chi connectivity index (χ2v) is 8.62. The van der Waals surface area contributed by atoms with Gasteiger partial charge in [-0.1, -0.05) is 23.8 Å². The van der Waals surface area contributed by atoms with Crippen molar-refractivity contribution in [2.24, 2.45) is 0 Å². The van der Waals surface area contributed by atoms with Gasteiger partial charge in [0.2, 0.25) is 0 Å². The van der Waals surface area contributed by atoms with Gasteiger partial charge in [-0.15, -0.1) is 0 Å². The molecule has 156 valence electrons. The molecule has 5 nitrogen and oxygen atoms in total. The molecule has 3 heterocycles. The number of pyridine rings is 1. The molecule has 2 aromatic heterocycles. The third-order valence-corrected chi connectivity index (χ3v) is 5.87. The Labute approximate surface area is 180 Å². The molecule has 0 atom stereocenters. The number of nitrogens with one attached hydrogen (secondary N) is 2. The van der Waals surface area contributed by atoms with Gasteiger partial charge >= 0.3 is 0 Å². The van der Waals surface area contributed by atoms with Crippen molar-refractivity contribution in [2.75, 3.05) is 0 Å². The number of allylic oxidation sites excluding steroid dienone is 2. The number of nitrogens with zero attached hydrogens (tertiary/aromatic N) is 1. The summed E-state index contributed by atoms with van der Waals surface area (Å²) < 4.78 is 2.16. The maximum atomic E-state index is 13.2. The highest BCUT2D eigenvalue weighted by molar-refractivity contribution is 6.32. The molecule has 0 saturated heterocycles. The lowest BCUT2D eigenvalue weighted by Gasteiger charge is -2.13. The second kappa shape index (κ2) is 8.15. The summed E-state index contributed by atoms with van der Waals surface area (Å²) in [5.41, 5.74) is 4.86. The molecule has 0 fully saturated rings. The minimum atomic E-state index is -0.223. The van der Waals surface area contributed by atoms with Crippen LogP contribution in [0.4, 0.5) is 0 Å². The van der Waals surface area contributed by atoms with E-state index in [4.69, 9.17) is 11.6 Å². The number of amides is 1. The summed E-state index contributed by atoms with van der Waals surface area (Å²) >= 11 is 6.39. The molecule has 30 heavy (non-hydrogen) atoms. The zero-order valence-electron chi connectivity index (χ0n) is 17.5. The third-order valence-electron chi connectivity index (χ3n) is 5.65. The van der Waals surface area contributed by atoms with Crippen molar-refractivity contribution in [1.82, 2.24) is 14.9 Å². The molecule has 2 N–H and O–H groups in total. The van der Waals surface area contributed by atoms with Crippen LogP contribution in [-0.4, -0.2) is 15.5 Å². The number of rotatable bonds is 1. The number of fused-ring (bicyclic) bond motifs is 1. The highest BCUT2D eigenvalue weighted by atomic mass is 35.5. The summed E-state index contributed by atoms with van der Waals surface area (Å²) in [4.78, 5) is 28.6. The number of hydrogen-bond acceptors (Lipinski definition) is 2.